The molecule has 0 radical (unpaired) electrons. The van der Waals surface area contributed by atoms with Gasteiger partial charge in [0, 0.05) is 23.8 Å². The quantitative estimate of drug-likeness (QED) is 0.730. The van der Waals surface area contributed by atoms with Crippen LogP contribution in [0.15, 0.2) is 18.2 Å². The van der Waals surface area contributed by atoms with Crippen molar-refractivity contribution in [2.75, 3.05) is 11.9 Å². The number of nitrogens with one attached hydrogen (secondary N) is 2. The molecular weight excluding hydrogens is 327 g/mol. The van der Waals surface area contributed by atoms with Crippen LogP contribution in [0.3, 0.4) is 0 Å². The van der Waals surface area contributed by atoms with Gasteiger partial charge in [-0.15, -0.1) is 0 Å². The molecule has 0 heterocycles. The zero-order chi connectivity index (χ0) is 17.0. The van der Waals surface area contributed by atoms with E-state index in [4.69, 9.17) is 11.6 Å². The molecule has 0 aliphatic heterocycles. The molecule has 0 saturated heterocycles. The fourth-order valence-corrected chi connectivity index (χ4v) is 4.25. The Kier molecular flexibility index (Phi) is 6.01. The van der Waals surface area contributed by atoms with Crippen LogP contribution in [0, 0.1) is 5.82 Å². The predicted octanol–water partition coefficient (Wildman–Crippen LogP) is 4.49. The number of aliphatic hydroxyl groups is 1. The Morgan fingerprint density at radius 3 is 2.50 bits per heavy atom. The monoisotopic (exact) mass is 354 g/mol. The molecule has 0 aromatic heterocycles. The normalized spacial score (nSPS) is 27.0. The van der Waals surface area contributed by atoms with E-state index in [0.717, 1.165) is 50.8 Å². The SMILES string of the molecule is OC1CCC(NCC2(Nc3ccc(F)c(Cl)c3)CCCCC2)CC1. The average molecular weight is 355 g/mol. The molecule has 0 amide bonds. The number of aliphatic hydroxyl groups excluding tert-OH is 1. The van der Waals surface area contributed by atoms with Gasteiger partial charge in [0.25, 0.3) is 0 Å². The summed E-state index contributed by atoms with van der Waals surface area (Å²) in [5, 5.41) is 17.2. The van der Waals surface area contributed by atoms with Gasteiger partial charge < -0.3 is 15.7 Å². The smallest absolute Gasteiger partial charge is 0.141 e. The summed E-state index contributed by atoms with van der Waals surface area (Å²) in [6.45, 7) is 0.906. The van der Waals surface area contributed by atoms with Crippen LogP contribution in [-0.4, -0.2) is 29.3 Å². The van der Waals surface area contributed by atoms with Gasteiger partial charge in [-0.05, 0) is 56.7 Å². The molecule has 0 bridgehead atoms. The van der Waals surface area contributed by atoms with Gasteiger partial charge in [0.05, 0.1) is 11.1 Å². The summed E-state index contributed by atoms with van der Waals surface area (Å²) in [5.41, 5.74) is 0.902. The van der Waals surface area contributed by atoms with Gasteiger partial charge in [0.2, 0.25) is 0 Å². The van der Waals surface area contributed by atoms with Gasteiger partial charge in [-0.1, -0.05) is 30.9 Å². The van der Waals surface area contributed by atoms with Crippen molar-refractivity contribution >= 4 is 17.3 Å². The molecule has 2 saturated carbocycles. The molecule has 3 N–H and O–H groups in total. The maximum atomic E-state index is 13.4. The standard InChI is InChI=1S/C19H28ClFN2O/c20-17-12-15(6-9-18(17)21)23-19(10-2-1-3-11-19)13-22-14-4-7-16(24)8-5-14/h6,9,12,14,16,22-24H,1-5,7-8,10-11,13H2. The highest BCUT2D eigenvalue weighted by Crippen LogP contribution is 2.33. The second-order valence-corrected chi connectivity index (χ2v) is 7.89. The number of hydrogen-bond donors (Lipinski definition) is 3. The third kappa shape index (κ3) is 4.62. The first-order valence-electron chi connectivity index (χ1n) is 9.21. The van der Waals surface area contributed by atoms with Crippen molar-refractivity contribution in [3.8, 4) is 0 Å². The molecule has 0 atom stereocenters. The lowest BCUT2D eigenvalue weighted by atomic mass is 9.80. The van der Waals surface area contributed by atoms with E-state index in [1.807, 2.05) is 0 Å². The molecule has 3 nitrogen and oxygen atoms in total. The van der Waals surface area contributed by atoms with Crippen molar-refractivity contribution in [1.82, 2.24) is 5.32 Å². The van der Waals surface area contributed by atoms with Crippen molar-refractivity contribution in [3.63, 3.8) is 0 Å². The van der Waals surface area contributed by atoms with Crippen molar-refractivity contribution in [2.24, 2.45) is 0 Å². The molecule has 0 spiro atoms. The lowest BCUT2D eigenvalue weighted by Crippen LogP contribution is -2.51. The van der Waals surface area contributed by atoms with Crippen molar-refractivity contribution in [2.45, 2.75) is 75.5 Å². The topological polar surface area (TPSA) is 44.3 Å². The largest absolute Gasteiger partial charge is 0.393 e. The van der Waals surface area contributed by atoms with Crippen LogP contribution < -0.4 is 10.6 Å². The van der Waals surface area contributed by atoms with E-state index in [1.54, 1.807) is 12.1 Å². The minimum Gasteiger partial charge on any atom is -0.393 e. The maximum absolute atomic E-state index is 13.4. The van der Waals surface area contributed by atoms with Gasteiger partial charge in [-0.25, -0.2) is 4.39 Å². The van der Waals surface area contributed by atoms with E-state index in [0.29, 0.717) is 6.04 Å². The maximum Gasteiger partial charge on any atom is 0.141 e. The highest BCUT2D eigenvalue weighted by atomic mass is 35.5. The van der Waals surface area contributed by atoms with Gasteiger partial charge in [-0.2, -0.15) is 0 Å². The number of anilines is 1. The molecular formula is C19H28ClFN2O. The van der Waals surface area contributed by atoms with E-state index in [1.165, 1.54) is 25.3 Å². The average Bonchev–Trinajstić information content (AvgIpc) is 2.59. The van der Waals surface area contributed by atoms with E-state index >= 15 is 0 Å². The number of halogens is 2. The predicted molar refractivity (Wildman–Crippen MR) is 97.1 cm³/mol. The number of hydrogen-bond acceptors (Lipinski definition) is 3. The molecule has 134 valence electrons. The van der Waals surface area contributed by atoms with E-state index in [2.05, 4.69) is 10.6 Å². The fraction of sp³-hybridized carbons (Fsp3) is 0.684. The molecule has 2 fully saturated rings. The Morgan fingerprint density at radius 2 is 1.83 bits per heavy atom. The Hall–Kier alpha value is -0.840. The minimum atomic E-state index is -0.376. The van der Waals surface area contributed by atoms with E-state index < -0.39 is 0 Å². The van der Waals surface area contributed by atoms with E-state index in [9.17, 15) is 9.50 Å². The highest BCUT2D eigenvalue weighted by Gasteiger charge is 2.33. The summed E-state index contributed by atoms with van der Waals surface area (Å²) < 4.78 is 13.4. The third-order valence-corrected chi connectivity index (χ3v) is 5.86. The van der Waals surface area contributed by atoms with E-state index in [-0.39, 0.29) is 22.5 Å². The van der Waals surface area contributed by atoms with Crippen LogP contribution in [0.1, 0.15) is 57.8 Å². The Labute approximate surface area is 149 Å². The zero-order valence-corrected chi connectivity index (χ0v) is 14.9. The van der Waals surface area contributed by atoms with Crippen LogP contribution in [-0.2, 0) is 0 Å². The first-order chi connectivity index (χ1) is 11.6. The molecule has 1 aromatic rings. The first kappa shape index (κ1) is 18.0. The van der Waals surface area contributed by atoms with Crippen molar-refractivity contribution in [3.05, 3.63) is 29.0 Å². The molecule has 0 unspecified atom stereocenters. The Morgan fingerprint density at radius 1 is 1.12 bits per heavy atom. The zero-order valence-electron chi connectivity index (χ0n) is 14.2. The Bertz CT molecular complexity index is 540. The second-order valence-electron chi connectivity index (χ2n) is 7.48. The molecule has 5 heteroatoms. The first-order valence-corrected chi connectivity index (χ1v) is 9.59. The summed E-state index contributed by atoms with van der Waals surface area (Å²) in [5.74, 6) is -0.376. The van der Waals surface area contributed by atoms with Crippen molar-refractivity contribution in [1.29, 1.82) is 0 Å². The molecule has 3 rings (SSSR count). The fourth-order valence-electron chi connectivity index (χ4n) is 4.07. The number of rotatable bonds is 5. The summed E-state index contributed by atoms with van der Waals surface area (Å²) in [4.78, 5) is 0. The lowest BCUT2D eigenvalue weighted by molar-refractivity contribution is 0.115. The Balaban J connectivity index is 1.64. The van der Waals surface area contributed by atoms with Gasteiger partial charge >= 0.3 is 0 Å². The summed E-state index contributed by atoms with van der Waals surface area (Å²) in [7, 11) is 0. The van der Waals surface area contributed by atoms with Crippen LogP contribution in [0.4, 0.5) is 10.1 Å². The summed E-state index contributed by atoms with van der Waals surface area (Å²) in [6.07, 6.45) is 9.69. The van der Waals surface area contributed by atoms with Crippen LogP contribution in [0.5, 0.6) is 0 Å². The minimum absolute atomic E-state index is 0.00940. The molecule has 24 heavy (non-hydrogen) atoms. The van der Waals surface area contributed by atoms with Gasteiger partial charge in [-0.3, -0.25) is 0 Å². The number of benzene rings is 1. The molecule has 1 aromatic carbocycles. The highest BCUT2D eigenvalue weighted by molar-refractivity contribution is 6.31. The molecule has 2 aliphatic carbocycles. The van der Waals surface area contributed by atoms with Crippen LogP contribution in [0.25, 0.3) is 0 Å². The van der Waals surface area contributed by atoms with Crippen molar-refractivity contribution < 1.29 is 9.50 Å². The third-order valence-electron chi connectivity index (χ3n) is 5.57. The van der Waals surface area contributed by atoms with Gasteiger partial charge in [0.15, 0.2) is 0 Å². The molecule has 2 aliphatic rings. The summed E-state index contributed by atoms with van der Waals surface area (Å²) >= 11 is 5.94. The lowest BCUT2D eigenvalue weighted by Gasteiger charge is -2.41. The van der Waals surface area contributed by atoms with Crippen LogP contribution >= 0.6 is 11.6 Å². The summed E-state index contributed by atoms with van der Waals surface area (Å²) in [6, 6.07) is 5.38. The second kappa shape index (κ2) is 8.03. The van der Waals surface area contributed by atoms with Gasteiger partial charge in [0.1, 0.15) is 5.82 Å². The van der Waals surface area contributed by atoms with Crippen LogP contribution in [0.2, 0.25) is 5.02 Å².